The molecule has 2 aromatic carbocycles. The van der Waals surface area contributed by atoms with E-state index in [2.05, 4.69) is 43.3 Å². The zero-order chi connectivity index (χ0) is 22.5. The van der Waals surface area contributed by atoms with Gasteiger partial charge in [-0.1, -0.05) is 49.4 Å². The maximum atomic E-state index is 10.9. The molecule has 0 unspecified atom stereocenters. The fourth-order valence-electron chi connectivity index (χ4n) is 4.83. The van der Waals surface area contributed by atoms with Crippen LogP contribution in [0.1, 0.15) is 34.1 Å². The van der Waals surface area contributed by atoms with Gasteiger partial charge in [-0.05, 0) is 46.9 Å². The van der Waals surface area contributed by atoms with Crippen LogP contribution >= 0.6 is 11.3 Å². The lowest BCUT2D eigenvalue weighted by molar-refractivity contribution is -0.374. The third kappa shape index (κ3) is 3.40. The molecule has 1 fully saturated rings. The normalized spacial score (nSPS) is 30.0. The van der Waals surface area contributed by atoms with Crippen molar-refractivity contribution in [3.05, 3.63) is 69.6 Å². The van der Waals surface area contributed by atoms with Gasteiger partial charge in [-0.25, -0.2) is 0 Å². The molecule has 0 aliphatic carbocycles. The van der Waals surface area contributed by atoms with Crippen LogP contribution in [0.4, 0.5) is 0 Å². The SMILES string of the molecule is CCc1ccc(Cc2cccc3c4c(sc23)[C@]2(OCC4)O[C@H](CO)[C@@H](O)[C@H](O)[C@H]2O)cc1. The van der Waals surface area contributed by atoms with Gasteiger partial charge in [-0.15, -0.1) is 11.3 Å². The van der Waals surface area contributed by atoms with Crippen molar-refractivity contribution in [1.29, 1.82) is 0 Å². The average Bonchev–Trinajstić information content (AvgIpc) is 3.22. The maximum Gasteiger partial charge on any atom is 0.234 e. The van der Waals surface area contributed by atoms with E-state index in [1.54, 1.807) is 0 Å². The molecular weight excluding hydrogens is 428 g/mol. The summed E-state index contributed by atoms with van der Waals surface area (Å²) in [5, 5.41) is 42.4. The van der Waals surface area contributed by atoms with Crippen molar-refractivity contribution in [3.8, 4) is 0 Å². The Bertz CT molecular complexity index is 1110. The van der Waals surface area contributed by atoms with Gasteiger partial charge >= 0.3 is 0 Å². The van der Waals surface area contributed by atoms with E-state index in [9.17, 15) is 20.4 Å². The smallest absolute Gasteiger partial charge is 0.234 e. The van der Waals surface area contributed by atoms with Gasteiger partial charge in [-0.3, -0.25) is 0 Å². The van der Waals surface area contributed by atoms with Crippen LogP contribution in [-0.4, -0.2) is 58.1 Å². The van der Waals surface area contributed by atoms with Crippen LogP contribution in [0.5, 0.6) is 0 Å². The van der Waals surface area contributed by atoms with Crippen molar-refractivity contribution in [2.24, 2.45) is 0 Å². The number of ether oxygens (including phenoxy) is 2. The standard InChI is InChI=1S/C25H28O6S/c1-2-14-6-8-15(9-7-14)12-16-4-3-5-17-18-10-11-30-25(24(18)32-22(16)17)23(29)21(28)20(27)19(13-26)31-25/h3-9,19-21,23,26-29H,2,10-13H2,1H3/t19-,20-,21+,23-,25-/m1/s1. The zero-order valence-corrected chi connectivity index (χ0v) is 18.7. The fraction of sp³-hybridized carbons (Fsp3) is 0.440. The van der Waals surface area contributed by atoms with Gasteiger partial charge in [0.1, 0.15) is 24.4 Å². The summed E-state index contributed by atoms with van der Waals surface area (Å²) in [6, 6.07) is 14.9. The number of aliphatic hydroxyl groups excluding tert-OH is 4. The van der Waals surface area contributed by atoms with Crippen LogP contribution < -0.4 is 0 Å². The summed E-state index contributed by atoms with van der Waals surface area (Å²) in [6.45, 7) is 1.96. The second kappa shape index (κ2) is 8.50. The molecule has 0 amide bonds. The molecule has 170 valence electrons. The molecule has 1 saturated heterocycles. The second-order valence-electron chi connectivity index (χ2n) is 8.58. The number of aryl methyl sites for hydroxylation is 1. The van der Waals surface area contributed by atoms with E-state index in [0.717, 1.165) is 28.5 Å². The number of benzene rings is 2. The number of rotatable bonds is 4. The van der Waals surface area contributed by atoms with Crippen LogP contribution in [-0.2, 0) is 34.5 Å². The second-order valence-corrected chi connectivity index (χ2v) is 9.60. The summed E-state index contributed by atoms with van der Waals surface area (Å²) in [6.07, 6.45) is -2.98. The Hall–Kier alpha value is -1.84. The Labute approximate surface area is 190 Å². The molecule has 2 aliphatic heterocycles. The topological polar surface area (TPSA) is 99.4 Å². The molecule has 0 radical (unpaired) electrons. The largest absolute Gasteiger partial charge is 0.394 e. The number of fused-ring (bicyclic) bond motifs is 4. The first-order valence-electron chi connectivity index (χ1n) is 11.1. The van der Waals surface area contributed by atoms with Crippen molar-refractivity contribution < 1.29 is 29.9 Å². The molecule has 3 heterocycles. The highest BCUT2D eigenvalue weighted by molar-refractivity contribution is 7.19. The minimum absolute atomic E-state index is 0.305. The summed E-state index contributed by atoms with van der Waals surface area (Å²) >= 11 is 1.49. The lowest BCUT2D eigenvalue weighted by atomic mass is 9.88. The summed E-state index contributed by atoms with van der Waals surface area (Å²) in [7, 11) is 0. The minimum atomic E-state index is -1.61. The third-order valence-electron chi connectivity index (χ3n) is 6.66. The van der Waals surface area contributed by atoms with Crippen molar-refractivity contribution in [3.63, 3.8) is 0 Å². The molecular formula is C25H28O6S. The summed E-state index contributed by atoms with van der Waals surface area (Å²) in [4.78, 5) is 0.699. The van der Waals surface area contributed by atoms with Gasteiger partial charge in [0, 0.05) is 4.70 Å². The number of thiophene rings is 1. The third-order valence-corrected chi connectivity index (χ3v) is 8.08. The van der Waals surface area contributed by atoms with E-state index in [0.29, 0.717) is 17.9 Å². The van der Waals surface area contributed by atoms with Crippen LogP contribution in [0, 0.1) is 0 Å². The Morgan fingerprint density at radius 1 is 1.03 bits per heavy atom. The highest BCUT2D eigenvalue weighted by Gasteiger charge is 2.58. The number of hydrogen-bond donors (Lipinski definition) is 4. The molecule has 6 nitrogen and oxygen atoms in total. The van der Waals surface area contributed by atoms with Crippen molar-refractivity contribution in [2.45, 2.75) is 56.4 Å². The molecule has 32 heavy (non-hydrogen) atoms. The maximum absolute atomic E-state index is 10.9. The van der Waals surface area contributed by atoms with E-state index in [1.165, 1.54) is 28.0 Å². The highest BCUT2D eigenvalue weighted by Crippen LogP contribution is 2.49. The Balaban J connectivity index is 1.59. The zero-order valence-electron chi connectivity index (χ0n) is 17.9. The highest BCUT2D eigenvalue weighted by atomic mass is 32.1. The lowest BCUT2D eigenvalue weighted by Gasteiger charge is -2.49. The Morgan fingerprint density at radius 2 is 1.78 bits per heavy atom. The molecule has 1 spiro atoms. The van der Waals surface area contributed by atoms with Gasteiger partial charge in [0.05, 0.1) is 18.1 Å². The van der Waals surface area contributed by atoms with Gasteiger partial charge in [-0.2, -0.15) is 0 Å². The predicted octanol–water partition coefficient (Wildman–Crippen LogP) is 2.25. The fourth-order valence-corrected chi connectivity index (χ4v) is 6.31. The quantitative estimate of drug-likeness (QED) is 0.481. The summed E-state index contributed by atoms with van der Waals surface area (Å²) in [5.74, 6) is -1.61. The monoisotopic (exact) mass is 456 g/mol. The van der Waals surface area contributed by atoms with Gasteiger partial charge < -0.3 is 29.9 Å². The van der Waals surface area contributed by atoms with Crippen molar-refractivity contribution in [1.82, 2.24) is 0 Å². The van der Waals surface area contributed by atoms with E-state index in [1.807, 2.05) is 6.07 Å². The minimum Gasteiger partial charge on any atom is -0.394 e. The Kier molecular flexibility index (Phi) is 5.84. The average molecular weight is 457 g/mol. The van der Waals surface area contributed by atoms with Crippen molar-refractivity contribution >= 4 is 21.4 Å². The molecule has 7 heteroatoms. The lowest BCUT2D eigenvalue weighted by Crippen LogP contribution is -2.65. The molecule has 0 bridgehead atoms. The van der Waals surface area contributed by atoms with E-state index in [4.69, 9.17) is 9.47 Å². The van der Waals surface area contributed by atoms with Gasteiger partial charge in [0.25, 0.3) is 0 Å². The predicted molar refractivity (Wildman–Crippen MR) is 122 cm³/mol. The van der Waals surface area contributed by atoms with Gasteiger partial charge in [0.2, 0.25) is 5.79 Å². The molecule has 5 rings (SSSR count). The Morgan fingerprint density at radius 3 is 2.50 bits per heavy atom. The van der Waals surface area contributed by atoms with E-state index in [-0.39, 0.29) is 0 Å². The molecule has 0 saturated carbocycles. The summed E-state index contributed by atoms with van der Waals surface area (Å²) in [5.41, 5.74) is 4.73. The van der Waals surface area contributed by atoms with Crippen LogP contribution in [0.15, 0.2) is 42.5 Å². The number of aliphatic hydroxyl groups is 4. The van der Waals surface area contributed by atoms with Gasteiger partial charge in [0.15, 0.2) is 0 Å². The first kappa shape index (κ1) is 22.0. The molecule has 1 aromatic heterocycles. The first-order valence-corrected chi connectivity index (χ1v) is 11.9. The number of hydrogen-bond acceptors (Lipinski definition) is 7. The summed E-state index contributed by atoms with van der Waals surface area (Å²) < 4.78 is 13.0. The van der Waals surface area contributed by atoms with Crippen LogP contribution in [0.3, 0.4) is 0 Å². The van der Waals surface area contributed by atoms with Crippen LogP contribution in [0.25, 0.3) is 10.1 Å². The first-order chi connectivity index (χ1) is 15.5. The molecule has 5 atom stereocenters. The molecule has 3 aromatic rings. The van der Waals surface area contributed by atoms with Crippen molar-refractivity contribution in [2.75, 3.05) is 13.2 Å². The van der Waals surface area contributed by atoms with E-state index >= 15 is 0 Å². The molecule has 2 aliphatic rings. The van der Waals surface area contributed by atoms with E-state index < -0.39 is 36.8 Å². The van der Waals surface area contributed by atoms with Crippen LogP contribution in [0.2, 0.25) is 0 Å². The molecule has 4 N–H and O–H groups in total.